The van der Waals surface area contributed by atoms with Gasteiger partial charge in [-0.2, -0.15) is 9.78 Å². The van der Waals surface area contributed by atoms with Crippen molar-refractivity contribution in [1.29, 1.82) is 0 Å². The predicted molar refractivity (Wildman–Crippen MR) is 92.2 cm³/mol. The van der Waals surface area contributed by atoms with Crippen molar-refractivity contribution >= 4 is 0 Å². The summed E-state index contributed by atoms with van der Waals surface area (Å²) in [4.78, 5) is 9.14. The molecular formula is C18H18N6O. The Morgan fingerprint density at radius 3 is 2.72 bits per heavy atom. The molecule has 7 heteroatoms. The number of rotatable bonds is 5. The van der Waals surface area contributed by atoms with Gasteiger partial charge in [-0.3, -0.25) is 4.68 Å². The van der Waals surface area contributed by atoms with Crippen LogP contribution in [0.15, 0.2) is 59.4 Å². The van der Waals surface area contributed by atoms with Crippen LogP contribution in [0, 0.1) is 6.92 Å². The molecule has 0 aliphatic rings. The summed E-state index contributed by atoms with van der Waals surface area (Å²) in [5, 5.41) is 8.91. The summed E-state index contributed by atoms with van der Waals surface area (Å²) in [6.45, 7) is 4.71. The number of nitrogens with zero attached hydrogens (tertiary/aromatic N) is 6. The molecule has 25 heavy (non-hydrogen) atoms. The van der Waals surface area contributed by atoms with Gasteiger partial charge in [0.1, 0.15) is 11.6 Å². The lowest BCUT2D eigenvalue weighted by atomic mass is 10.1. The zero-order chi connectivity index (χ0) is 17.2. The summed E-state index contributed by atoms with van der Waals surface area (Å²) in [7, 11) is 0. The zero-order valence-electron chi connectivity index (χ0n) is 14.1. The average Bonchev–Trinajstić information content (AvgIpc) is 3.35. The molecule has 4 heterocycles. The molecular weight excluding hydrogens is 316 g/mol. The first-order valence-electron chi connectivity index (χ1n) is 8.13. The normalized spacial score (nSPS) is 12.4. The molecule has 0 fully saturated rings. The highest BCUT2D eigenvalue weighted by molar-refractivity contribution is 5.47. The molecule has 7 nitrogen and oxygen atoms in total. The number of pyridine rings is 1. The van der Waals surface area contributed by atoms with E-state index >= 15 is 0 Å². The maximum Gasteiger partial charge on any atom is 0.217 e. The van der Waals surface area contributed by atoms with Gasteiger partial charge in [-0.05, 0) is 37.3 Å². The second-order valence-electron chi connectivity index (χ2n) is 5.93. The topological polar surface area (TPSA) is 74.6 Å². The van der Waals surface area contributed by atoms with Gasteiger partial charge in [-0.15, -0.1) is 5.10 Å². The minimum absolute atomic E-state index is 0.0965. The third-order valence-corrected chi connectivity index (χ3v) is 3.92. The minimum Gasteiger partial charge on any atom is -0.458 e. The summed E-state index contributed by atoms with van der Waals surface area (Å²) < 4.78 is 9.35. The minimum atomic E-state index is 0.0965. The molecule has 0 aliphatic heterocycles. The Labute approximate surface area is 145 Å². The number of furan rings is 1. The van der Waals surface area contributed by atoms with Crippen LogP contribution in [0.5, 0.6) is 0 Å². The molecule has 0 bridgehead atoms. The van der Waals surface area contributed by atoms with Crippen molar-refractivity contribution in [3.8, 4) is 17.4 Å². The summed E-state index contributed by atoms with van der Waals surface area (Å²) in [6, 6.07) is 11.4. The SMILES string of the molecule is Cc1ccc(-c2nc([C@@H](C)Cn3cccn3)n(-c3ccccn3)n2)o1. The standard InChI is InChI=1S/C18H18N6O/c1-13(12-23-11-5-10-20-23)18-21-17(15-8-7-14(2)25-15)22-24(18)16-6-3-4-9-19-16/h3-11,13H,12H2,1-2H3/t13-/m0/s1. The number of aromatic nitrogens is 6. The molecule has 0 amide bonds. The second kappa shape index (κ2) is 6.35. The van der Waals surface area contributed by atoms with Crippen LogP contribution in [0.4, 0.5) is 0 Å². The Morgan fingerprint density at radius 2 is 2.04 bits per heavy atom. The maximum absolute atomic E-state index is 5.68. The van der Waals surface area contributed by atoms with E-state index in [1.165, 1.54) is 0 Å². The van der Waals surface area contributed by atoms with Crippen LogP contribution in [0.25, 0.3) is 17.4 Å². The molecule has 0 saturated carbocycles. The average molecular weight is 334 g/mol. The van der Waals surface area contributed by atoms with E-state index in [0.717, 1.165) is 17.4 Å². The summed E-state index contributed by atoms with van der Waals surface area (Å²) >= 11 is 0. The molecule has 0 aromatic carbocycles. The first kappa shape index (κ1) is 15.3. The monoisotopic (exact) mass is 334 g/mol. The number of hydrogen-bond donors (Lipinski definition) is 0. The van der Waals surface area contributed by atoms with Gasteiger partial charge in [0.15, 0.2) is 11.6 Å². The van der Waals surface area contributed by atoms with Crippen molar-refractivity contribution in [3.05, 3.63) is 66.6 Å². The van der Waals surface area contributed by atoms with Crippen LogP contribution in [0.1, 0.15) is 24.4 Å². The Bertz CT molecular complexity index is 955. The van der Waals surface area contributed by atoms with Gasteiger partial charge in [-0.1, -0.05) is 13.0 Å². The highest BCUT2D eigenvalue weighted by Crippen LogP contribution is 2.24. The third-order valence-electron chi connectivity index (χ3n) is 3.92. The van der Waals surface area contributed by atoms with Crippen molar-refractivity contribution < 1.29 is 4.42 Å². The van der Waals surface area contributed by atoms with Crippen molar-refractivity contribution in [3.63, 3.8) is 0 Å². The maximum atomic E-state index is 5.68. The highest BCUT2D eigenvalue weighted by Gasteiger charge is 2.21. The van der Waals surface area contributed by atoms with Crippen molar-refractivity contribution in [2.75, 3.05) is 0 Å². The van der Waals surface area contributed by atoms with Crippen molar-refractivity contribution in [2.24, 2.45) is 0 Å². The van der Waals surface area contributed by atoms with Gasteiger partial charge >= 0.3 is 0 Å². The lowest BCUT2D eigenvalue weighted by molar-refractivity contribution is 0.514. The van der Waals surface area contributed by atoms with Crippen LogP contribution in [-0.4, -0.2) is 29.5 Å². The fourth-order valence-electron chi connectivity index (χ4n) is 2.72. The molecule has 4 rings (SSSR count). The largest absolute Gasteiger partial charge is 0.458 e. The predicted octanol–water partition coefficient (Wildman–Crippen LogP) is 3.23. The number of aryl methyl sites for hydroxylation is 1. The summed E-state index contributed by atoms with van der Waals surface area (Å²) in [5.41, 5.74) is 0. The molecule has 126 valence electrons. The van der Waals surface area contributed by atoms with E-state index in [9.17, 15) is 0 Å². The first-order chi connectivity index (χ1) is 12.2. The van der Waals surface area contributed by atoms with E-state index in [-0.39, 0.29) is 5.92 Å². The van der Waals surface area contributed by atoms with E-state index in [2.05, 4.69) is 22.1 Å². The Balaban J connectivity index is 1.76. The fraction of sp³-hybridized carbons (Fsp3) is 0.222. The smallest absolute Gasteiger partial charge is 0.217 e. The molecule has 0 spiro atoms. The molecule has 0 radical (unpaired) electrons. The summed E-state index contributed by atoms with van der Waals surface area (Å²) in [6.07, 6.45) is 5.46. The molecule has 1 atom stereocenters. The van der Waals surface area contributed by atoms with Gasteiger partial charge in [0.05, 0.1) is 6.54 Å². The Kier molecular flexibility index (Phi) is 3.89. The van der Waals surface area contributed by atoms with E-state index in [4.69, 9.17) is 9.40 Å². The third kappa shape index (κ3) is 3.08. The van der Waals surface area contributed by atoms with Crippen LogP contribution >= 0.6 is 0 Å². The lowest BCUT2D eigenvalue weighted by Gasteiger charge is -2.12. The van der Waals surface area contributed by atoms with Crippen LogP contribution in [-0.2, 0) is 6.54 Å². The molecule has 4 aromatic rings. The molecule has 4 aromatic heterocycles. The van der Waals surface area contributed by atoms with Gasteiger partial charge in [0.2, 0.25) is 5.82 Å². The molecule has 0 saturated heterocycles. The lowest BCUT2D eigenvalue weighted by Crippen LogP contribution is -2.13. The van der Waals surface area contributed by atoms with Crippen LogP contribution in [0.2, 0.25) is 0 Å². The number of hydrogen-bond acceptors (Lipinski definition) is 5. The zero-order valence-corrected chi connectivity index (χ0v) is 14.1. The second-order valence-corrected chi connectivity index (χ2v) is 5.93. The van der Waals surface area contributed by atoms with Crippen LogP contribution < -0.4 is 0 Å². The van der Waals surface area contributed by atoms with Gasteiger partial charge < -0.3 is 4.42 Å². The van der Waals surface area contributed by atoms with E-state index in [0.29, 0.717) is 18.1 Å². The molecule has 0 aliphatic carbocycles. The van der Waals surface area contributed by atoms with Crippen molar-refractivity contribution in [1.82, 2.24) is 29.5 Å². The van der Waals surface area contributed by atoms with Gasteiger partial charge in [-0.25, -0.2) is 9.97 Å². The molecule has 0 unspecified atom stereocenters. The van der Waals surface area contributed by atoms with E-state index in [1.807, 2.05) is 54.2 Å². The Hall–Kier alpha value is -3.22. The molecule has 0 N–H and O–H groups in total. The quantitative estimate of drug-likeness (QED) is 0.560. The van der Waals surface area contributed by atoms with Crippen molar-refractivity contribution in [2.45, 2.75) is 26.3 Å². The first-order valence-corrected chi connectivity index (χ1v) is 8.13. The Morgan fingerprint density at radius 1 is 1.12 bits per heavy atom. The van der Waals surface area contributed by atoms with E-state index < -0.39 is 0 Å². The highest BCUT2D eigenvalue weighted by atomic mass is 16.3. The van der Waals surface area contributed by atoms with Gasteiger partial charge in [0.25, 0.3) is 0 Å². The van der Waals surface area contributed by atoms with Crippen LogP contribution in [0.3, 0.4) is 0 Å². The fourth-order valence-corrected chi connectivity index (χ4v) is 2.72. The van der Waals surface area contributed by atoms with E-state index in [1.54, 1.807) is 17.1 Å². The van der Waals surface area contributed by atoms with Gasteiger partial charge in [0, 0.05) is 24.5 Å². The summed E-state index contributed by atoms with van der Waals surface area (Å²) in [5.74, 6) is 3.68.